The summed E-state index contributed by atoms with van der Waals surface area (Å²) in [5, 5.41) is 3.32. The van der Waals surface area contributed by atoms with Crippen LogP contribution < -0.4 is 10.1 Å². The Balaban J connectivity index is 2.17. The van der Waals surface area contributed by atoms with Gasteiger partial charge in [-0.25, -0.2) is 0 Å². The zero-order chi connectivity index (χ0) is 13.1. The third-order valence-corrected chi connectivity index (χ3v) is 3.72. The van der Waals surface area contributed by atoms with Crippen LogP contribution in [0.4, 0.5) is 0 Å². The molecule has 0 aliphatic carbocycles. The number of benzene rings is 1. The fourth-order valence-electron chi connectivity index (χ4n) is 2.44. The Labute approximate surface area is 109 Å². The second kappa shape index (κ2) is 5.72. The van der Waals surface area contributed by atoms with E-state index in [0.29, 0.717) is 12.6 Å². The number of ether oxygens (including phenoxy) is 2. The van der Waals surface area contributed by atoms with Gasteiger partial charge in [-0.05, 0) is 57.0 Å². The monoisotopic (exact) mass is 249 g/mol. The molecule has 0 bridgehead atoms. The lowest BCUT2D eigenvalue weighted by atomic mass is 10.0. The van der Waals surface area contributed by atoms with Crippen molar-refractivity contribution in [2.75, 3.05) is 20.3 Å². The summed E-state index contributed by atoms with van der Waals surface area (Å²) < 4.78 is 11.7. The van der Waals surface area contributed by atoms with Crippen LogP contribution in [0, 0.1) is 20.8 Å². The Morgan fingerprint density at radius 1 is 1.28 bits per heavy atom. The fraction of sp³-hybridized carbons (Fsp3) is 0.600. The van der Waals surface area contributed by atoms with E-state index in [2.05, 4.69) is 38.2 Å². The molecule has 1 aliphatic rings. The molecular formula is C15H23NO2. The molecule has 0 radical (unpaired) electrons. The van der Waals surface area contributed by atoms with Gasteiger partial charge in [-0.15, -0.1) is 0 Å². The first-order valence-corrected chi connectivity index (χ1v) is 6.61. The summed E-state index contributed by atoms with van der Waals surface area (Å²) in [5.41, 5.74) is 3.74. The maximum absolute atomic E-state index is 6.16. The molecule has 0 amide bonds. The van der Waals surface area contributed by atoms with Gasteiger partial charge in [0.15, 0.2) is 0 Å². The predicted octanol–water partition coefficient (Wildman–Crippen LogP) is 2.37. The number of aryl methyl sites for hydroxylation is 2. The van der Waals surface area contributed by atoms with Gasteiger partial charge in [0, 0.05) is 12.6 Å². The molecule has 1 saturated heterocycles. The highest BCUT2D eigenvalue weighted by atomic mass is 16.5. The molecule has 1 aromatic carbocycles. The molecule has 3 nitrogen and oxygen atoms in total. The van der Waals surface area contributed by atoms with E-state index in [1.54, 1.807) is 0 Å². The van der Waals surface area contributed by atoms with E-state index in [1.165, 1.54) is 16.7 Å². The number of nitrogens with one attached hydrogen (secondary N) is 1. The molecule has 0 saturated carbocycles. The lowest BCUT2D eigenvalue weighted by Crippen LogP contribution is -2.48. The van der Waals surface area contributed by atoms with Gasteiger partial charge in [0.05, 0.1) is 6.61 Å². The van der Waals surface area contributed by atoms with Crippen molar-refractivity contribution in [2.24, 2.45) is 0 Å². The van der Waals surface area contributed by atoms with Crippen LogP contribution in [0.2, 0.25) is 0 Å². The molecule has 3 heteroatoms. The molecule has 2 unspecified atom stereocenters. The van der Waals surface area contributed by atoms with Crippen LogP contribution in [-0.4, -0.2) is 32.4 Å². The summed E-state index contributed by atoms with van der Waals surface area (Å²) in [6, 6.07) is 4.68. The Bertz CT molecular complexity index is 417. The molecular weight excluding hydrogens is 226 g/mol. The van der Waals surface area contributed by atoms with Crippen LogP contribution in [0.5, 0.6) is 5.75 Å². The number of likely N-dealkylation sites (N-methyl/N-ethyl adjacent to an activating group) is 1. The van der Waals surface area contributed by atoms with E-state index in [4.69, 9.17) is 9.47 Å². The van der Waals surface area contributed by atoms with E-state index in [-0.39, 0.29) is 6.10 Å². The van der Waals surface area contributed by atoms with Crippen LogP contribution in [0.1, 0.15) is 23.1 Å². The summed E-state index contributed by atoms with van der Waals surface area (Å²) in [6.07, 6.45) is 1.11. The molecule has 1 N–H and O–H groups in total. The smallest absolute Gasteiger partial charge is 0.137 e. The predicted molar refractivity (Wildman–Crippen MR) is 73.4 cm³/mol. The number of rotatable bonds is 3. The molecule has 2 atom stereocenters. The molecule has 1 fully saturated rings. The molecule has 1 heterocycles. The minimum absolute atomic E-state index is 0.101. The first-order chi connectivity index (χ1) is 8.61. The maximum Gasteiger partial charge on any atom is 0.137 e. The highest BCUT2D eigenvalue weighted by Gasteiger charge is 2.26. The van der Waals surface area contributed by atoms with Gasteiger partial charge in [-0.2, -0.15) is 0 Å². The van der Waals surface area contributed by atoms with Crippen LogP contribution in [-0.2, 0) is 4.74 Å². The third kappa shape index (κ3) is 2.85. The van der Waals surface area contributed by atoms with Crippen molar-refractivity contribution in [3.63, 3.8) is 0 Å². The van der Waals surface area contributed by atoms with Crippen molar-refractivity contribution in [2.45, 2.75) is 39.3 Å². The van der Waals surface area contributed by atoms with Gasteiger partial charge >= 0.3 is 0 Å². The van der Waals surface area contributed by atoms with Gasteiger partial charge < -0.3 is 14.8 Å². The standard InChI is InChI=1S/C15H23NO2/c1-10-7-11(2)12(3)14(8-10)18-15-9-17-6-5-13(15)16-4/h7-8,13,15-16H,5-6,9H2,1-4H3. The summed E-state index contributed by atoms with van der Waals surface area (Å²) in [4.78, 5) is 0. The van der Waals surface area contributed by atoms with Gasteiger partial charge in [0.1, 0.15) is 11.9 Å². The summed E-state index contributed by atoms with van der Waals surface area (Å²) in [7, 11) is 1.99. The van der Waals surface area contributed by atoms with Crippen LogP contribution >= 0.6 is 0 Å². The molecule has 0 aromatic heterocycles. The van der Waals surface area contributed by atoms with Crippen molar-refractivity contribution in [1.82, 2.24) is 5.32 Å². The van der Waals surface area contributed by atoms with Gasteiger partial charge in [0.25, 0.3) is 0 Å². The lowest BCUT2D eigenvalue weighted by Gasteiger charge is -2.32. The minimum atomic E-state index is 0.101. The maximum atomic E-state index is 6.16. The zero-order valence-electron chi connectivity index (χ0n) is 11.7. The van der Waals surface area contributed by atoms with Crippen molar-refractivity contribution in [3.05, 3.63) is 28.8 Å². The lowest BCUT2D eigenvalue weighted by molar-refractivity contribution is -0.0132. The quantitative estimate of drug-likeness (QED) is 0.892. The average Bonchev–Trinajstić information content (AvgIpc) is 2.36. The van der Waals surface area contributed by atoms with Crippen molar-refractivity contribution in [1.29, 1.82) is 0 Å². The zero-order valence-corrected chi connectivity index (χ0v) is 11.7. The second-order valence-corrected chi connectivity index (χ2v) is 5.12. The van der Waals surface area contributed by atoms with Crippen LogP contribution in [0.15, 0.2) is 12.1 Å². The Hall–Kier alpha value is -1.06. The van der Waals surface area contributed by atoms with Crippen molar-refractivity contribution < 1.29 is 9.47 Å². The number of hydrogen-bond donors (Lipinski definition) is 1. The first kappa shape index (κ1) is 13.4. The van der Waals surface area contributed by atoms with Gasteiger partial charge in [-0.3, -0.25) is 0 Å². The fourth-order valence-corrected chi connectivity index (χ4v) is 2.44. The molecule has 2 rings (SSSR count). The molecule has 0 spiro atoms. The Morgan fingerprint density at radius 2 is 2.06 bits per heavy atom. The molecule has 1 aliphatic heterocycles. The molecule has 18 heavy (non-hydrogen) atoms. The third-order valence-electron chi connectivity index (χ3n) is 3.72. The summed E-state index contributed by atoms with van der Waals surface area (Å²) in [5.74, 6) is 0.989. The molecule has 1 aromatic rings. The first-order valence-electron chi connectivity index (χ1n) is 6.61. The van der Waals surface area contributed by atoms with Gasteiger partial charge in [-0.1, -0.05) is 6.07 Å². The molecule has 100 valence electrons. The van der Waals surface area contributed by atoms with E-state index < -0.39 is 0 Å². The highest BCUT2D eigenvalue weighted by molar-refractivity contribution is 5.42. The topological polar surface area (TPSA) is 30.5 Å². The van der Waals surface area contributed by atoms with Crippen molar-refractivity contribution in [3.8, 4) is 5.75 Å². The van der Waals surface area contributed by atoms with Crippen LogP contribution in [0.25, 0.3) is 0 Å². The van der Waals surface area contributed by atoms with E-state index in [1.807, 2.05) is 7.05 Å². The van der Waals surface area contributed by atoms with Crippen LogP contribution in [0.3, 0.4) is 0 Å². The average molecular weight is 249 g/mol. The van der Waals surface area contributed by atoms with Gasteiger partial charge in [0.2, 0.25) is 0 Å². The minimum Gasteiger partial charge on any atom is -0.486 e. The van der Waals surface area contributed by atoms with Crippen molar-refractivity contribution >= 4 is 0 Å². The highest BCUT2D eigenvalue weighted by Crippen LogP contribution is 2.26. The second-order valence-electron chi connectivity index (χ2n) is 5.12. The Morgan fingerprint density at radius 3 is 2.78 bits per heavy atom. The number of hydrogen-bond acceptors (Lipinski definition) is 3. The summed E-state index contributed by atoms with van der Waals surface area (Å²) >= 11 is 0. The SMILES string of the molecule is CNC1CCOCC1Oc1cc(C)cc(C)c1C. The largest absolute Gasteiger partial charge is 0.486 e. The normalized spacial score (nSPS) is 24.0. The summed E-state index contributed by atoms with van der Waals surface area (Å²) in [6.45, 7) is 7.83. The van der Waals surface area contributed by atoms with E-state index in [0.717, 1.165) is 18.8 Å². The van der Waals surface area contributed by atoms with E-state index >= 15 is 0 Å². The van der Waals surface area contributed by atoms with E-state index in [9.17, 15) is 0 Å². The Kier molecular flexibility index (Phi) is 4.25.